The summed E-state index contributed by atoms with van der Waals surface area (Å²) in [6, 6.07) is 8.85. The molecule has 2 N–H and O–H groups in total. The topological polar surface area (TPSA) is 38.5 Å². The van der Waals surface area contributed by atoms with Gasteiger partial charge in [0.1, 0.15) is 5.75 Å². The van der Waals surface area contributed by atoms with E-state index in [1.807, 2.05) is 6.07 Å². The molecule has 3 heteroatoms. The first-order chi connectivity index (χ1) is 8.33. The maximum atomic E-state index is 5.77. The molecule has 2 rings (SSSR count). The third kappa shape index (κ3) is 2.91. The Morgan fingerprint density at radius 1 is 1.41 bits per heavy atom. The molecular weight excluding hydrogens is 212 g/mol. The van der Waals surface area contributed by atoms with Crippen LogP contribution >= 0.6 is 0 Å². The van der Waals surface area contributed by atoms with Gasteiger partial charge in [-0.05, 0) is 44.9 Å². The number of benzene rings is 1. The standard InChI is InChI=1S/C14H22N2O/c1-12(6-4-9-15)16-10-5-11-17-14-8-3-2-7-13(14)16/h2-3,7-8,12H,4-6,9-11,15H2,1H3. The second kappa shape index (κ2) is 5.92. The third-order valence-corrected chi connectivity index (χ3v) is 3.33. The van der Waals surface area contributed by atoms with E-state index >= 15 is 0 Å². The molecule has 0 aliphatic carbocycles. The van der Waals surface area contributed by atoms with E-state index in [9.17, 15) is 0 Å². The summed E-state index contributed by atoms with van der Waals surface area (Å²) >= 11 is 0. The number of ether oxygens (including phenoxy) is 1. The average Bonchev–Trinajstić information content (AvgIpc) is 2.58. The van der Waals surface area contributed by atoms with Crippen molar-refractivity contribution in [2.45, 2.75) is 32.2 Å². The molecule has 0 aromatic heterocycles. The second-order valence-electron chi connectivity index (χ2n) is 4.64. The molecule has 3 nitrogen and oxygen atoms in total. The summed E-state index contributed by atoms with van der Waals surface area (Å²) in [6.07, 6.45) is 3.31. The normalized spacial score (nSPS) is 16.9. The summed E-state index contributed by atoms with van der Waals surface area (Å²) in [5.74, 6) is 1.02. The highest BCUT2D eigenvalue weighted by atomic mass is 16.5. The zero-order chi connectivity index (χ0) is 12.1. The van der Waals surface area contributed by atoms with Crippen molar-refractivity contribution in [3.05, 3.63) is 24.3 Å². The molecule has 1 aromatic rings. The molecule has 0 saturated heterocycles. The number of para-hydroxylation sites is 2. The molecule has 0 spiro atoms. The fourth-order valence-electron chi connectivity index (χ4n) is 2.38. The predicted molar refractivity (Wildman–Crippen MR) is 71.7 cm³/mol. The zero-order valence-electron chi connectivity index (χ0n) is 10.6. The molecule has 17 heavy (non-hydrogen) atoms. The van der Waals surface area contributed by atoms with Crippen molar-refractivity contribution in [1.29, 1.82) is 0 Å². The van der Waals surface area contributed by atoms with E-state index in [0.29, 0.717) is 6.04 Å². The van der Waals surface area contributed by atoms with Crippen LogP contribution in [0.4, 0.5) is 5.69 Å². The lowest BCUT2D eigenvalue weighted by Crippen LogP contribution is -2.34. The lowest BCUT2D eigenvalue weighted by atomic mass is 10.1. The van der Waals surface area contributed by atoms with Gasteiger partial charge in [0.2, 0.25) is 0 Å². The summed E-state index contributed by atoms with van der Waals surface area (Å²) in [5, 5.41) is 0. The van der Waals surface area contributed by atoms with Gasteiger partial charge in [-0.15, -0.1) is 0 Å². The lowest BCUT2D eigenvalue weighted by Gasteiger charge is -2.30. The minimum atomic E-state index is 0.529. The monoisotopic (exact) mass is 234 g/mol. The number of hydrogen-bond donors (Lipinski definition) is 1. The molecule has 1 unspecified atom stereocenters. The van der Waals surface area contributed by atoms with Gasteiger partial charge in [-0.1, -0.05) is 12.1 Å². The van der Waals surface area contributed by atoms with Crippen LogP contribution in [0.25, 0.3) is 0 Å². The number of rotatable bonds is 4. The van der Waals surface area contributed by atoms with Crippen LogP contribution in [0.2, 0.25) is 0 Å². The minimum Gasteiger partial charge on any atom is -0.491 e. The SMILES string of the molecule is CC(CCCN)N1CCCOc2ccccc21. The van der Waals surface area contributed by atoms with E-state index in [0.717, 1.165) is 44.7 Å². The first-order valence-electron chi connectivity index (χ1n) is 6.51. The molecular formula is C14H22N2O. The molecule has 1 atom stereocenters. The molecule has 1 aromatic carbocycles. The van der Waals surface area contributed by atoms with Crippen LogP contribution in [-0.4, -0.2) is 25.7 Å². The Balaban J connectivity index is 2.16. The van der Waals surface area contributed by atoms with Gasteiger partial charge in [0, 0.05) is 12.6 Å². The highest BCUT2D eigenvalue weighted by Gasteiger charge is 2.19. The average molecular weight is 234 g/mol. The van der Waals surface area contributed by atoms with Gasteiger partial charge < -0.3 is 15.4 Å². The Morgan fingerprint density at radius 3 is 3.06 bits per heavy atom. The molecule has 0 saturated carbocycles. The van der Waals surface area contributed by atoms with Crippen LogP contribution in [-0.2, 0) is 0 Å². The second-order valence-corrected chi connectivity index (χ2v) is 4.64. The Hall–Kier alpha value is -1.22. The van der Waals surface area contributed by atoms with Crippen molar-refractivity contribution in [2.24, 2.45) is 5.73 Å². The van der Waals surface area contributed by atoms with Crippen LogP contribution in [0.15, 0.2) is 24.3 Å². The fraction of sp³-hybridized carbons (Fsp3) is 0.571. The molecule has 94 valence electrons. The molecule has 1 heterocycles. The number of fused-ring (bicyclic) bond motifs is 1. The van der Waals surface area contributed by atoms with E-state index in [-0.39, 0.29) is 0 Å². The Labute approximate surface area is 104 Å². The molecule has 1 aliphatic rings. The van der Waals surface area contributed by atoms with Crippen LogP contribution in [0.1, 0.15) is 26.2 Å². The Morgan fingerprint density at radius 2 is 2.24 bits per heavy atom. The summed E-state index contributed by atoms with van der Waals surface area (Å²) in [6.45, 7) is 4.94. The summed E-state index contributed by atoms with van der Waals surface area (Å²) < 4.78 is 5.77. The highest BCUT2D eigenvalue weighted by Crippen LogP contribution is 2.32. The maximum Gasteiger partial charge on any atom is 0.142 e. The first kappa shape index (κ1) is 12.2. The number of nitrogens with two attached hydrogens (primary N) is 1. The molecule has 1 aliphatic heterocycles. The van der Waals surface area contributed by atoms with Crippen LogP contribution < -0.4 is 15.4 Å². The van der Waals surface area contributed by atoms with E-state index in [2.05, 4.69) is 30.0 Å². The zero-order valence-corrected chi connectivity index (χ0v) is 10.6. The van der Waals surface area contributed by atoms with Crippen LogP contribution in [0.5, 0.6) is 5.75 Å². The van der Waals surface area contributed by atoms with Gasteiger partial charge in [0.05, 0.1) is 12.3 Å². The Bertz CT molecular complexity index is 354. The van der Waals surface area contributed by atoms with Crippen molar-refractivity contribution >= 4 is 5.69 Å². The molecule has 0 radical (unpaired) electrons. The van der Waals surface area contributed by atoms with E-state index < -0.39 is 0 Å². The van der Waals surface area contributed by atoms with Crippen molar-refractivity contribution < 1.29 is 4.74 Å². The molecule has 0 bridgehead atoms. The number of hydrogen-bond acceptors (Lipinski definition) is 3. The van der Waals surface area contributed by atoms with Crippen molar-refractivity contribution in [3.63, 3.8) is 0 Å². The number of nitrogens with zero attached hydrogens (tertiary/aromatic N) is 1. The smallest absolute Gasteiger partial charge is 0.142 e. The fourth-order valence-corrected chi connectivity index (χ4v) is 2.38. The minimum absolute atomic E-state index is 0.529. The van der Waals surface area contributed by atoms with Crippen LogP contribution in [0.3, 0.4) is 0 Å². The molecule has 0 amide bonds. The largest absolute Gasteiger partial charge is 0.491 e. The highest BCUT2D eigenvalue weighted by molar-refractivity contribution is 5.59. The van der Waals surface area contributed by atoms with Crippen molar-refractivity contribution in [3.8, 4) is 5.75 Å². The summed E-state index contributed by atoms with van der Waals surface area (Å²) in [7, 11) is 0. The number of anilines is 1. The van der Waals surface area contributed by atoms with E-state index in [1.165, 1.54) is 5.69 Å². The van der Waals surface area contributed by atoms with E-state index in [4.69, 9.17) is 10.5 Å². The summed E-state index contributed by atoms with van der Waals surface area (Å²) in [4.78, 5) is 2.46. The van der Waals surface area contributed by atoms with Crippen LogP contribution in [0, 0.1) is 0 Å². The predicted octanol–water partition coefficient (Wildman–Crippen LogP) is 2.40. The quantitative estimate of drug-likeness (QED) is 0.869. The molecule has 0 fully saturated rings. The van der Waals surface area contributed by atoms with Gasteiger partial charge >= 0.3 is 0 Å². The van der Waals surface area contributed by atoms with E-state index in [1.54, 1.807) is 0 Å². The van der Waals surface area contributed by atoms with Gasteiger partial charge in [0.15, 0.2) is 0 Å². The summed E-state index contributed by atoms with van der Waals surface area (Å²) in [5.41, 5.74) is 6.82. The van der Waals surface area contributed by atoms with Crippen molar-refractivity contribution in [1.82, 2.24) is 0 Å². The first-order valence-corrected chi connectivity index (χ1v) is 6.51. The van der Waals surface area contributed by atoms with Gasteiger partial charge in [-0.2, -0.15) is 0 Å². The van der Waals surface area contributed by atoms with Gasteiger partial charge in [0.25, 0.3) is 0 Å². The maximum absolute atomic E-state index is 5.77. The lowest BCUT2D eigenvalue weighted by molar-refractivity contribution is 0.322. The third-order valence-electron chi connectivity index (χ3n) is 3.33. The van der Waals surface area contributed by atoms with Gasteiger partial charge in [-0.25, -0.2) is 0 Å². The van der Waals surface area contributed by atoms with Gasteiger partial charge in [-0.3, -0.25) is 0 Å². The Kier molecular flexibility index (Phi) is 4.26. The van der Waals surface area contributed by atoms with Crippen molar-refractivity contribution in [2.75, 3.05) is 24.6 Å².